The maximum atomic E-state index is 12.8. The highest BCUT2D eigenvalue weighted by atomic mass is 19.3. The quantitative estimate of drug-likeness (QED) is 0.714. The minimum Gasteiger partial charge on any atom is -0.386 e. The highest BCUT2D eigenvalue weighted by Gasteiger charge is 2.32. The van der Waals surface area contributed by atoms with Gasteiger partial charge in [0.2, 0.25) is 0 Å². The SMILES string of the molecule is O[C@@]1(CNc2ncc(-c3ccc(C(F)F)cc3)c3ncccc23)CCOC1. The second-order valence-electron chi connectivity index (χ2n) is 6.72. The van der Waals surface area contributed by atoms with Crippen LogP contribution in [0.25, 0.3) is 22.0 Å². The van der Waals surface area contributed by atoms with E-state index in [9.17, 15) is 13.9 Å². The number of nitrogens with zero attached hydrogens (tertiary/aromatic N) is 2. The van der Waals surface area contributed by atoms with Crippen LogP contribution in [0.4, 0.5) is 14.6 Å². The van der Waals surface area contributed by atoms with Gasteiger partial charge in [-0.1, -0.05) is 24.3 Å². The smallest absolute Gasteiger partial charge is 0.263 e. The van der Waals surface area contributed by atoms with E-state index in [-0.39, 0.29) is 5.56 Å². The van der Waals surface area contributed by atoms with Gasteiger partial charge in [0.05, 0.1) is 12.1 Å². The standard InChI is InChI=1S/C20H19F2N3O2/c21-18(22)14-5-3-13(4-6-14)16-10-24-19(15-2-1-8-23-17(15)16)25-11-20(26)7-9-27-12-20/h1-6,8,10,18,26H,7,9,11-12H2,(H,24,25)/t20-/m1/s1. The summed E-state index contributed by atoms with van der Waals surface area (Å²) in [5.41, 5.74) is 1.33. The number of halogens is 2. The molecule has 4 rings (SSSR count). The number of anilines is 1. The largest absolute Gasteiger partial charge is 0.386 e. The predicted octanol–water partition coefficient (Wildman–Crippen LogP) is 3.80. The average molecular weight is 371 g/mol. The first-order valence-electron chi connectivity index (χ1n) is 8.72. The van der Waals surface area contributed by atoms with Gasteiger partial charge in [0.1, 0.15) is 11.4 Å². The molecule has 0 saturated carbocycles. The summed E-state index contributed by atoms with van der Waals surface area (Å²) in [6.07, 6.45) is 1.43. The van der Waals surface area contributed by atoms with E-state index in [1.807, 2.05) is 12.1 Å². The number of alkyl halides is 2. The number of hydrogen-bond acceptors (Lipinski definition) is 5. The van der Waals surface area contributed by atoms with Crippen LogP contribution in [0.3, 0.4) is 0 Å². The van der Waals surface area contributed by atoms with E-state index in [0.717, 1.165) is 22.0 Å². The Morgan fingerprint density at radius 2 is 2.00 bits per heavy atom. The lowest BCUT2D eigenvalue weighted by atomic mass is 10.0. The third-order valence-corrected chi connectivity index (χ3v) is 4.78. The maximum Gasteiger partial charge on any atom is 0.263 e. The van der Waals surface area contributed by atoms with E-state index < -0.39 is 12.0 Å². The van der Waals surface area contributed by atoms with Crippen molar-refractivity contribution < 1.29 is 18.6 Å². The fraction of sp³-hybridized carbons (Fsp3) is 0.300. The topological polar surface area (TPSA) is 67.3 Å². The number of fused-ring (bicyclic) bond motifs is 1. The first-order valence-corrected chi connectivity index (χ1v) is 8.72. The summed E-state index contributed by atoms with van der Waals surface area (Å²) in [5, 5.41) is 14.4. The van der Waals surface area contributed by atoms with Gasteiger partial charge in [-0.3, -0.25) is 4.98 Å². The van der Waals surface area contributed by atoms with Crippen molar-refractivity contribution in [2.45, 2.75) is 18.4 Å². The fourth-order valence-electron chi connectivity index (χ4n) is 3.22. The first-order chi connectivity index (χ1) is 13.1. The molecule has 0 amide bonds. The zero-order valence-electron chi connectivity index (χ0n) is 14.5. The zero-order valence-corrected chi connectivity index (χ0v) is 14.5. The molecule has 1 fully saturated rings. The Balaban J connectivity index is 1.67. The van der Waals surface area contributed by atoms with Gasteiger partial charge in [0, 0.05) is 48.5 Å². The normalized spacial score (nSPS) is 19.7. The van der Waals surface area contributed by atoms with Crippen LogP contribution in [-0.4, -0.2) is 40.4 Å². The van der Waals surface area contributed by atoms with E-state index in [1.54, 1.807) is 24.5 Å². The van der Waals surface area contributed by atoms with Gasteiger partial charge < -0.3 is 15.2 Å². The molecule has 3 aromatic rings. The van der Waals surface area contributed by atoms with Crippen molar-refractivity contribution in [1.29, 1.82) is 0 Å². The highest BCUT2D eigenvalue weighted by Crippen LogP contribution is 2.31. The average Bonchev–Trinajstić information content (AvgIpc) is 3.13. The monoisotopic (exact) mass is 371 g/mol. The molecule has 1 aromatic carbocycles. The summed E-state index contributed by atoms with van der Waals surface area (Å²) in [4.78, 5) is 8.94. The number of pyridine rings is 2. The molecule has 140 valence electrons. The summed E-state index contributed by atoms with van der Waals surface area (Å²) in [6, 6.07) is 9.83. The summed E-state index contributed by atoms with van der Waals surface area (Å²) in [7, 11) is 0. The number of aromatic nitrogens is 2. The van der Waals surface area contributed by atoms with Gasteiger partial charge in [0.25, 0.3) is 6.43 Å². The second kappa shape index (κ2) is 7.17. The van der Waals surface area contributed by atoms with Crippen molar-refractivity contribution in [3.05, 3.63) is 54.4 Å². The summed E-state index contributed by atoms with van der Waals surface area (Å²) in [5.74, 6) is 0.617. The molecule has 1 aliphatic heterocycles. The van der Waals surface area contributed by atoms with Crippen LogP contribution in [0.5, 0.6) is 0 Å². The van der Waals surface area contributed by atoms with Crippen molar-refractivity contribution in [3.63, 3.8) is 0 Å². The maximum absolute atomic E-state index is 12.8. The third kappa shape index (κ3) is 3.61. The van der Waals surface area contributed by atoms with Gasteiger partial charge in [-0.05, 0) is 17.7 Å². The van der Waals surface area contributed by atoms with Crippen molar-refractivity contribution in [3.8, 4) is 11.1 Å². The van der Waals surface area contributed by atoms with Crippen LogP contribution >= 0.6 is 0 Å². The Labute approximate surface area is 155 Å². The Morgan fingerprint density at radius 3 is 2.70 bits per heavy atom. The molecule has 27 heavy (non-hydrogen) atoms. The molecule has 2 N–H and O–H groups in total. The molecule has 7 heteroatoms. The summed E-state index contributed by atoms with van der Waals surface area (Å²) < 4.78 is 30.8. The number of ether oxygens (including phenoxy) is 1. The lowest BCUT2D eigenvalue weighted by molar-refractivity contribution is 0.0381. The number of rotatable bonds is 5. The summed E-state index contributed by atoms with van der Waals surface area (Å²) >= 11 is 0. The van der Waals surface area contributed by atoms with Crippen LogP contribution in [0.2, 0.25) is 0 Å². The van der Waals surface area contributed by atoms with E-state index in [0.29, 0.717) is 32.0 Å². The van der Waals surface area contributed by atoms with Gasteiger partial charge in [-0.25, -0.2) is 13.8 Å². The number of hydrogen-bond donors (Lipinski definition) is 2. The van der Waals surface area contributed by atoms with Crippen molar-refractivity contribution in [2.24, 2.45) is 0 Å². The molecule has 0 radical (unpaired) electrons. The number of nitrogens with one attached hydrogen (secondary N) is 1. The molecule has 1 atom stereocenters. The lowest BCUT2D eigenvalue weighted by Gasteiger charge is -2.21. The van der Waals surface area contributed by atoms with Crippen molar-refractivity contribution in [1.82, 2.24) is 9.97 Å². The van der Waals surface area contributed by atoms with Crippen LogP contribution in [-0.2, 0) is 4.74 Å². The first kappa shape index (κ1) is 17.8. The highest BCUT2D eigenvalue weighted by molar-refractivity contribution is 5.99. The molecular weight excluding hydrogens is 352 g/mol. The van der Waals surface area contributed by atoms with Crippen LogP contribution in [0.1, 0.15) is 18.4 Å². The van der Waals surface area contributed by atoms with Crippen LogP contribution < -0.4 is 5.32 Å². The van der Waals surface area contributed by atoms with E-state index in [2.05, 4.69) is 15.3 Å². The Bertz CT molecular complexity index is 942. The lowest BCUT2D eigenvalue weighted by Crippen LogP contribution is -2.37. The molecule has 0 unspecified atom stereocenters. The van der Waals surface area contributed by atoms with E-state index in [4.69, 9.17) is 4.74 Å². The Hall–Kier alpha value is -2.64. The second-order valence-corrected chi connectivity index (χ2v) is 6.72. The molecule has 0 spiro atoms. The molecule has 0 bridgehead atoms. The van der Waals surface area contributed by atoms with Gasteiger partial charge in [-0.15, -0.1) is 0 Å². The Morgan fingerprint density at radius 1 is 1.19 bits per heavy atom. The number of benzene rings is 1. The van der Waals surface area contributed by atoms with Gasteiger partial charge in [0.15, 0.2) is 0 Å². The minimum atomic E-state index is -2.50. The molecule has 0 aliphatic carbocycles. The van der Waals surface area contributed by atoms with Crippen LogP contribution in [0, 0.1) is 0 Å². The van der Waals surface area contributed by atoms with E-state index in [1.165, 1.54) is 12.1 Å². The Kier molecular flexibility index (Phi) is 4.72. The van der Waals surface area contributed by atoms with Crippen LogP contribution in [0.15, 0.2) is 48.8 Å². The zero-order chi connectivity index (χ0) is 18.9. The van der Waals surface area contributed by atoms with Crippen molar-refractivity contribution in [2.75, 3.05) is 25.1 Å². The van der Waals surface area contributed by atoms with Gasteiger partial charge in [-0.2, -0.15) is 0 Å². The fourth-order valence-corrected chi connectivity index (χ4v) is 3.22. The predicted molar refractivity (Wildman–Crippen MR) is 98.8 cm³/mol. The number of aliphatic hydroxyl groups is 1. The molecule has 1 saturated heterocycles. The van der Waals surface area contributed by atoms with Gasteiger partial charge >= 0.3 is 0 Å². The molecule has 1 aliphatic rings. The molecular formula is C20H19F2N3O2. The molecule has 2 aromatic heterocycles. The summed E-state index contributed by atoms with van der Waals surface area (Å²) in [6.45, 7) is 1.17. The van der Waals surface area contributed by atoms with Crippen molar-refractivity contribution >= 4 is 16.7 Å². The minimum absolute atomic E-state index is 0.0192. The molecule has 5 nitrogen and oxygen atoms in total. The molecule has 3 heterocycles. The third-order valence-electron chi connectivity index (χ3n) is 4.78. The van der Waals surface area contributed by atoms with E-state index >= 15 is 0 Å².